The molecule has 1 N–H and O–H groups in total. The van der Waals surface area contributed by atoms with Gasteiger partial charge in [-0.3, -0.25) is 0 Å². The van der Waals surface area contributed by atoms with Crippen LogP contribution in [0.3, 0.4) is 0 Å². The summed E-state index contributed by atoms with van der Waals surface area (Å²) in [7, 11) is 1.80. The highest BCUT2D eigenvalue weighted by molar-refractivity contribution is 4.82. The van der Waals surface area contributed by atoms with Crippen molar-refractivity contribution in [3.05, 3.63) is 0 Å². The number of nitrogens with one attached hydrogen (secondary N) is 1. The summed E-state index contributed by atoms with van der Waals surface area (Å²) in [6, 6.07) is 0.505. The molecule has 2 heteroatoms. The Balaban J connectivity index is 2.29. The van der Waals surface area contributed by atoms with Gasteiger partial charge in [-0.05, 0) is 55.4 Å². The SMILES string of the molecule is COCC(NCC1CCC(C(C)(C)C)CC1)C(C)C. The fraction of sp³-hybridized carbons (Fsp3) is 1.00. The minimum atomic E-state index is 0.495. The fourth-order valence-corrected chi connectivity index (χ4v) is 3.22. The second-order valence-corrected chi connectivity index (χ2v) is 7.80. The van der Waals surface area contributed by atoms with Crippen LogP contribution in [-0.2, 0) is 4.74 Å². The average Bonchev–Trinajstić information content (AvgIpc) is 2.33. The summed E-state index contributed by atoms with van der Waals surface area (Å²) in [5.41, 5.74) is 0.495. The van der Waals surface area contributed by atoms with E-state index in [9.17, 15) is 0 Å². The van der Waals surface area contributed by atoms with Gasteiger partial charge in [0, 0.05) is 13.2 Å². The van der Waals surface area contributed by atoms with Gasteiger partial charge in [0.15, 0.2) is 0 Å². The van der Waals surface area contributed by atoms with Gasteiger partial charge in [0.05, 0.1) is 6.61 Å². The topological polar surface area (TPSA) is 21.3 Å². The molecule has 0 aromatic carbocycles. The van der Waals surface area contributed by atoms with E-state index in [-0.39, 0.29) is 0 Å². The van der Waals surface area contributed by atoms with E-state index in [1.54, 1.807) is 7.11 Å². The van der Waals surface area contributed by atoms with Crippen molar-refractivity contribution in [3.63, 3.8) is 0 Å². The van der Waals surface area contributed by atoms with Crippen LogP contribution in [-0.4, -0.2) is 26.3 Å². The number of hydrogen-bond acceptors (Lipinski definition) is 2. The van der Waals surface area contributed by atoms with Crippen LogP contribution in [0.2, 0.25) is 0 Å². The van der Waals surface area contributed by atoms with Crippen LogP contribution in [0.5, 0.6) is 0 Å². The van der Waals surface area contributed by atoms with Crippen molar-refractivity contribution < 1.29 is 4.74 Å². The Morgan fingerprint density at radius 2 is 1.68 bits per heavy atom. The number of methoxy groups -OCH3 is 1. The smallest absolute Gasteiger partial charge is 0.0618 e. The van der Waals surface area contributed by atoms with Gasteiger partial charge in [0.25, 0.3) is 0 Å². The van der Waals surface area contributed by atoms with Crippen LogP contribution >= 0.6 is 0 Å². The van der Waals surface area contributed by atoms with Gasteiger partial charge in [-0.25, -0.2) is 0 Å². The molecule has 0 radical (unpaired) electrons. The molecule has 0 saturated heterocycles. The zero-order valence-electron chi connectivity index (χ0n) is 14.0. The van der Waals surface area contributed by atoms with E-state index in [2.05, 4.69) is 39.9 Å². The van der Waals surface area contributed by atoms with Crippen LogP contribution in [0, 0.1) is 23.2 Å². The van der Waals surface area contributed by atoms with E-state index < -0.39 is 0 Å². The van der Waals surface area contributed by atoms with Crippen molar-refractivity contribution in [2.75, 3.05) is 20.3 Å². The first-order valence-electron chi connectivity index (χ1n) is 8.07. The molecule has 2 nitrogen and oxygen atoms in total. The molecule has 19 heavy (non-hydrogen) atoms. The van der Waals surface area contributed by atoms with E-state index >= 15 is 0 Å². The Bertz CT molecular complexity index is 236. The Morgan fingerprint density at radius 1 is 1.11 bits per heavy atom. The molecule has 0 spiro atoms. The number of rotatable bonds is 6. The standard InChI is InChI=1S/C17H35NO/c1-13(2)16(12-19-6)18-11-14-7-9-15(10-8-14)17(3,4)5/h13-16,18H,7-12H2,1-6H3. The molecule has 0 aliphatic heterocycles. The van der Waals surface area contributed by atoms with Gasteiger partial charge in [-0.2, -0.15) is 0 Å². The van der Waals surface area contributed by atoms with Gasteiger partial charge in [-0.15, -0.1) is 0 Å². The van der Waals surface area contributed by atoms with Crippen molar-refractivity contribution in [1.29, 1.82) is 0 Å². The molecule has 114 valence electrons. The van der Waals surface area contributed by atoms with Crippen molar-refractivity contribution in [2.24, 2.45) is 23.2 Å². The van der Waals surface area contributed by atoms with Crippen molar-refractivity contribution in [3.8, 4) is 0 Å². The van der Waals surface area contributed by atoms with Gasteiger partial charge in [0.2, 0.25) is 0 Å². The molecular weight excluding hydrogens is 234 g/mol. The molecule has 1 fully saturated rings. The molecule has 1 atom stereocenters. The summed E-state index contributed by atoms with van der Waals surface area (Å²) < 4.78 is 5.30. The van der Waals surface area contributed by atoms with Crippen LogP contribution in [0.4, 0.5) is 0 Å². The van der Waals surface area contributed by atoms with E-state index in [0.29, 0.717) is 17.4 Å². The molecule has 1 aliphatic rings. The summed E-state index contributed by atoms with van der Waals surface area (Å²) in [6.45, 7) is 13.7. The minimum Gasteiger partial charge on any atom is -0.383 e. The van der Waals surface area contributed by atoms with E-state index in [1.807, 2.05) is 0 Å². The molecule has 0 heterocycles. The molecule has 1 rings (SSSR count). The molecule has 0 aromatic rings. The molecule has 1 saturated carbocycles. The van der Waals surface area contributed by atoms with Crippen molar-refractivity contribution in [1.82, 2.24) is 5.32 Å². The summed E-state index contributed by atoms with van der Waals surface area (Å²) in [5.74, 6) is 2.44. The van der Waals surface area contributed by atoms with Crippen LogP contribution < -0.4 is 5.32 Å². The Kier molecular flexibility index (Phi) is 6.82. The first-order valence-corrected chi connectivity index (χ1v) is 8.07. The Labute approximate surface area is 120 Å². The summed E-state index contributed by atoms with van der Waals surface area (Å²) in [6.07, 6.45) is 5.61. The number of ether oxygens (including phenoxy) is 1. The highest BCUT2D eigenvalue weighted by Gasteiger charge is 2.29. The van der Waals surface area contributed by atoms with Gasteiger partial charge in [0.1, 0.15) is 0 Å². The van der Waals surface area contributed by atoms with Gasteiger partial charge < -0.3 is 10.1 Å². The van der Waals surface area contributed by atoms with Crippen LogP contribution in [0.15, 0.2) is 0 Å². The van der Waals surface area contributed by atoms with E-state index in [1.165, 1.54) is 32.2 Å². The molecular formula is C17H35NO. The average molecular weight is 269 g/mol. The van der Waals surface area contributed by atoms with Gasteiger partial charge >= 0.3 is 0 Å². The third-order valence-corrected chi connectivity index (χ3v) is 4.89. The summed E-state index contributed by atoms with van der Waals surface area (Å²) in [4.78, 5) is 0. The molecule has 1 unspecified atom stereocenters. The maximum Gasteiger partial charge on any atom is 0.0618 e. The normalized spacial score (nSPS) is 26.7. The molecule has 0 amide bonds. The van der Waals surface area contributed by atoms with Crippen LogP contribution in [0.25, 0.3) is 0 Å². The summed E-state index contributed by atoms with van der Waals surface area (Å²) >= 11 is 0. The van der Waals surface area contributed by atoms with Gasteiger partial charge in [-0.1, -0.05) is 34.6 Å². The fourth-order valence-electron chi connectivity index (χ4n) is 3.22. The predicted molar refractivity (Wildman–Crippen MR) is 83.4 cm³/mol. The lowest BCUT2D eigenvalue weighted by Gasteiger charge is -2.37. The largest absolute Gasteiger partial charge is 0.383 e. The van der Waals surface area contributed by atoms with E-state index in [4.69, 9.17) is 4.74 Å². The van der Waals surface area contributed by atoms with Crippen LogP contribution in [0.1, 0.15) is 60.3 Å². The quantitative estimate of drug-likeness (QED) is 0.784. The summed E-state index contributed by atoms with van der Waals surface area (Å²) in [5, 5.41) is 3.72. The third-order valence-electron chi connectivity index (χ3n) is 4.89. The zero-order chi connectivity index (χ0) is 14.5. The monoisotopic (exact) mass is 269 g/mol. The first-order chi connectivity index (χ1) is 8.84. The predicted octanol–water partition coefficient (Wildman–Crippen LogP) is 4.10. The molecule has 1 aliphatic carbocycles. The zero-order valence-corrected chi connectivity index (χ0v) is 14.0. The Hall–Kier alpha value is -0.0800. The maximum absolute atomic E-state index is 5.30. The second-order valence-electron chi connectivity index (χ2n) is 7.80. The first kappa shape index (κ1) is 17.0. The Morgan fingerprint density at radius 3 is 2.11 bits per heavy atom. The minimum absolute atomic E-state index is 0.495. The van der Waals surface area contributed by atoms with Crippen molar-refractivity contribution in [2.45, 2.75) is 66.3 Å². The lowest BCUT2D eigenvalue weighted by atomic mass is 9.70. The lowest BCUT2D eigenvalue weighted by Crippen LogP contribution is -2.41. The van der Waals surface area contributed by atoms with E-state index in [0.717, 1.165) is 18.4 Å². The van der Waals surface area contributed by atoms with Crippen molar-refractivity contribution >= 4 is 0 Å². The maximum atomic E-state index is 5.30. The second kappa shape index (κ2) is 7.64. The molecule has 0 aromatic heterocycles. The third kappa shape index (κ3) is 5.83. The highest BCUT2D eigenvalue weighted by atomic mass is 16.5. The highest BCUT2D eigenvalue weighted by Crippen LogP contribution is 2.39. The lowest BCUT2D eigenvalue weighted by molar-refractivity contribution is 0.127. The molecule has 0 bridgehead atoms. The number of hydrogen-bond donors (Lipinski definition) is 1.